The van der Waals surface area contributed by atoms with E-state index in [1.165, 1.54) is 0 Å². The molecule has 0 saturated carbocycles. The topological polar surface area (TPSA) is 68.0 Å². The number of ether oxygens (including phenoxy) is 2. The van der Waals surface area contributed by atoms with Crippen LogP contribution in [-0.4, -0.2) is 46.4 Å². The Labute approximate surface area is 143 Å². The molecular weight excluding hydrogens is 385 g/mol. The van der Waals surface area contributed by atoms with Crippen molar-refractivity contribution in [3.05, 3.63) is 24.2 Å². The van der Waals surface area contributed by atoms with Crippen LogP contribution in [0.1, 0.15) is 18.6 Å². The first-order valence-corrected chi connectivity index (χ1v) is 6.90. The van der Waals surface area contributed by atoms with Crippen LogP contribution < -0.4 is 10.6 Å². The van der Waals surface area contributed by atoms with E-state index in [9.17, 15) is 0 Å². The second-order valence-electron chi connectivity index (χ2n) is 4.26. The van der Waals surface area contributed by atoms with Crippen molar-refractivity contribution in [2.24, 2.45) is 4.99 Å². The molecule has 21 heavy (non-hydrogen) atoms. The van der Waals surface area contributed by atoms with E-state index in [4.69, 9.17) is 13.9 Å². The van der Waals surface area contributed by atoms with Crippen LogP contribution in [0.25, 0.3) is 0 Å². The van der Waals surface area contributed by atoms with Gasteiger partial charge in [0.05, 0.1) is 6.26 Å². The third kappa shape index (κ3) is 10.6. The molecule has 0 amide bonds. The molecule has 1 aromatic rings. The normalized spacial score (nSPS) is 11.0. The molecule has 0 saturated heterocycles. The smallest absolute Gasteiger partial charge is 0.190 e. The summed E-state index contributed by atoms with van der Waals surface area (Å²) in [6.07, 6.45) is 3.53. The third-order valence-corrected chi connectivity index (χ3v) is 2.62. The van der Waals surface area contributed by atoms with Gasteiger partial charge in [0.15, 0.2) is 5.96 Å². The van der Waals surface area contributed by atoms with Gasteiger partial charge in [0.1, 0.15) is 12.4 Å². The van der Waals surface area contributed by atoms with Crippen LogP contribution in [0.2, 0.25) is 0 Å². The lowest BCUT2D eigenvalue weighted by atomic mass is 10.4. The Bertz CT molecular complexity index is 358. The fourth-order valence-corrected chi connectivity index (χ4v) is 1.59. The summed E-state index contributed by atoms with van der Waals surface area (Å²) in [5.74, 6) is 1.67. The number of hydrogen-bond donors (Lipinski definition) is 2. The average molecular weight is 411 g/mol. The van der Waals surface area contributed by atoms with Crippen molar-refractivity contribution < 1.29 is 13.9 Å². The number of methoxy groups -OCH3 is 1. The summed E-state index contributed by atoms with van der Waals surface area (Å²) in [7, 11) is 3.47. The number of halogens is 1. The summed E-state index contributed by atoms with van der Waals surface area (Å²) < 4.78 is 15.7. The van der Waals surface area contributed by atoms with Crippen molar-refractivity contribution in [2.45, 2.75) is 19.4 Å². The monoisotopic (exact) mass is 411 g/mol. The number of rotatable bonds is 10. The Morgan fingerprint density at radius 3 is 2.52 bits per heavy atom. The third-order valence-electron chi connectivity index (χ3n) is 2.62. The molecule has 0 spiro atoms. The van der Waals surface area contributed by atoms with Gasteiger partial charge in [0.25, 0.3) is 0 Å². The molecule has 0 aliphatic carbocycles. The van der Waals surface area contributed by atoms with Crippen molar-refractivity contribution in [2.75, 3.05) is 40.5 Å². The summed E-state index contributed by atoms with van der Waals surface area (Å²) in [5.41, 5.74) is 0. The van der Waals surface area contributed by atoms with Gasteiger partial charge < -0.3 is 24.5 Å². The highest BCUT2D eigenvalue weighted by molar-refractivity contribution is 14.0. The van der Waals surface area contributed by atoms with Gasteiger partial charge in [-0.2, -0.15) is 0 Å². The van der Waals surface area contributed by atoms with Crippen LogP contribution in [0.15, 0.2) is 27.8 Å². The molecule has 0 bridgehead atoms. The summed E-state index contributed by atoms with van der Waals surface area (Å²) in [5, 5.41) is 6.46. The molecule has 0 fully saturated rings. The highest BCUT2D eigenvalue weighted by atomic mass is 127. The summed E-state index contributed by atoms with van der Waals surface area (Å²) in [6, 6.07) is 3.77. The summed E-state index contributed by atoms with van der Waals surface area (Å²) >= 11 is 0. The van der Waals surface area contributed by atoms with E-state index in [0.29, 0.717) is 13.2 Å². The molecular formula is C14H26IN3O3. The maximum Gasteiger partial charge on any atom is 0.190 e. The van der Waals surface area contributed by atoms with E-state index in [-0.39, 0.29) is 24.0 Å². The fourth-order valence-electron chi connectivity index (χ4n) is 1.59. The number of guanidine groups is 1. The van der Waals surface area contributed by atoms with Gasteiger partial charge in [-0.3, -0.25) is 4.99 Å². The van der Waals surface area contributed by atoms with Gasteiger partial charge in [-0.25, -0.2) is 0 Å². The van der Waals surface area contributed by atoms with Crippen molar-refractivity contribution >= 4 is 29.9 Å². The predicted molar refractivity (Wildman–Crippen MR) is 94.3 cm³/mol. The first-order valence-electron chi connectivity index (χ1n) is 6.90. The molecule has 7 heteroatoms. The maximum atomic E-state index is 5.50. The number of nitrogens with zero attached hydrogens (tertiary/aromatic N) is 1. The molecule has 0 unspecified atom stereocenters. The minimum absolute atomic E-state index is 0. The fraction of sp³-hybridized carbons (Fsp3) is 0.643. The van der Waals surface area contributed by atoms with Crippen molar-refractivity contribution in [1.82, 2.24) is 10.6 Å². The van der Waals surface area contributed by atoms with E-state index >= 15 is 0 Å². The number of hydrogen-bond acceptors (Lipinski definition) is 4. The zero-order valence-electron chi connectivity index (χ0n) is 12.8. The lowest BCUT2D eigenvalue weighted by Gasteiger charge is -2.11. The molecule has 0 atom stereocenters. The zero-order valence-corrected chi connectivity index (χ0v) is 15.1. The average Bonchev–Trinajstić information content (AvgIpc) is 2.98. The molecule has 0 radical (unpaired) electrons. The number of furan rings is 1. The number of nitrogens with one attached hydrogen (secondary N) is 2. The summed E-state index contributed by atoms with van der Waals surface area (Å²) in [4.78, 5) is 4.14. The van der Waals surface area contributed by atoms with Crippen LogP contribution in [0.5, 0.6) is 0 Å². The summed E-state index contributed by atoms with van der Waals surface area (Å²) in [6.45, 7) is 3.64. The molecule has 2 N–H and O–H groups in total. The predicted octanol–water partition coefficient (Wildman–Crippen LogP) is 2.01. The Morgan fingerprint density at radius 1 is 1.24 bits per heavy atom. The molecule has 6 nitrogen and oxygen atoms in total. The molecule has 1 rings (SSSR count). The Balaban J connectivity index is 0.00000400. The maximum absolute atomic E-state index is 5.50. The minimum atomic E-state index is 0. The van der Waals surface area contributed by atoms with Gasteiger partial charge in [0.2, 0.25) is 0 Å². The van der Waals surface area contributed by atoms with E-state index in [1.54, 1.807) is 20.4 Å². The van der Waals surface area contributed by atoms with Crippen LogP contribution >= 0.6 is 24.0 Å². The van der Waals surface area contributed by atoms with Gasteiger partial charge in [-0.05, 0) is 25.0 Å². The standard InChI is InChI=1S/C14H25N3O3.HI/c1-15-14(16-7-4-9-18-2)17-8-5-10-19-12-13-6-3-11-20-13;/h3,6,11H,4-5,7-10,12H2,1-2H3,(H2,15,16,17);1H. The molecule has 0 aromatic carbocycles. The Morgan fingerprint density at radius 2 is 1.95 bits per heavy atom. The largest absolute Gasteiger partial charge is 0.467 e. The van der Waals surface area contributed by atoms with Crippen LogP contribution in [0.3, 0.4) is 0 Å². The van der Waals surface area contributed by atoms with Crippen LogP contribution in [0, 0.1) is 0 Å². The van der Waals surface area contributed by atoms with E-state index in [2.05, 4.69) is 15.6 Å². The van der Waals surface area contributed by atoms with Gasteiger partial charge >= 0.3 is 0 Å². The molecule has 0 aliphatic rings. The Kier molecular flexibility index (Phi) is 13.6. The Hall–Kier alpha value is -0.800. The van der Waals surface area contributed by atoms with Crippen LogP contribution in [0.4, 0.5) is 0 Å². The SMILES string of the molecule is CN=C(NCCCOC)NCCCOCc1ccco1.I. The molecule has 1 heterocycles. The van der Waals surface area contributed by atoms with E-state index in [1.807, 2.05) is 12.1 Å². The first-order chi connectivity index (χ1) is 9.86. The first kappa shape index (κ1) is 20.2. The van der Waals surface area contributed by atoms with Crippen molar-refractivity contribution in [3.63, 3.8) is 0 Å². The lowest BCUT2D eigenvalue weighted by molar-refractivity contribution is 0.105. The molecule has 1 aromatic heterocycles. The van der Waals surface area contributed by atoms with Crippen LogP contribution in [-0.2, 0) is 16.1 Å². The van der Waals surface area contributed by atoms with Gasteiger partial charge in [-0.15, -0.1) is 24.0 Å². The molecule has 122 valence electrons. The second kappa shape index (κ2) is 14.2. The van der Waals surface area contributed by atoms with E-state index in [0.717, 1.165) is 44.3 Å². The highest BCUT2D eigenvalue weighted by Gasteiger charge is 1.98. The van der Waals surface area contributed by atoms with Crippen molar-refractivity contribution in [1.29, 1.82) is 0 Å². The van der Waals surface area contributed by atoms with E-state index < -0.39 is 0 Å². The van der Waals surface area contributed by atoms with Gasteiger partial charge in [-0.1, -0.05) is 0 Å². The minimum Gasteiger partial charge on any atom is -0.467 e. The van der Waals surface area contributed by atoms with Crippen molar-refractivity contribution in [3.8, 4) is 0 Å². The quantitative estimate of drug-likeness (QED) is 0.267. The second-order valence-corrected chi connectivity index (χ2v) is 4.26. The highest BCUT2D eigenvalue weighted by Crippen LogP contribution is 2.01. The molecule has 0 aliphatic heterocycles. The zero-order chi connectivity index (χ0) is 14.5. The number of aliphatic imine (C=N–C) groups is 1. The van der Waals surface area contributed by atoms with Gasteiger partial charge in [0, 0.05) is 40.5 Å². The lowest BCUT2D eigenvalue weighted by Crippen LogP contribution is -2.38.